The fourth-order valence-electron chi connectivity index (χ4n) is 4.79. The van der Waals surface area contributed by atoms with Gasteiger partial charge in [-0.05, 0) is 36.6 Å². The maximum Gasteiger partial charge on any atom is 0.223 e. The molecule has 1 saturated carbocycles. The van der Waals surface area contributed by atoms with Crippen LogP contribution in [-0.4, -0.2) is 29.6 Å². The second-order valence-corrected chi connectivity index (χ2v) is 8.65. The van der Waals surface area contributed by atoms with Crippen molar-refractivity contribution in [2.24, 2.45) is 5.92 Å². The summed E-state index contributed by atoms with van der Waals surface area (Å²) in [6.45, 7) is 1.07. The number of aromatic nitrogens is 4. The Bertz CT molecular complexity index is 1090. The average Bonchev–Trinajstić information content (AvgIpc) is 3.42. The van der Waals surface area contributed by atoms with Crippen molar-refractivity contribution in [3.63, 3.8) is 0 Å². The lowest BCUT2D eigenvalue weighted by Crippen LogP contribution is -2.31. The fourth-order valence-corrected chi connectivity index (χ4v) is 4.79. The highest BCUT2D eigenvalue weighted by atomic mass is 16.2. The molecule has 6 nitrogen and oxygen atoms in total. The number of imidazole rings is 2. The summed E-state index contributed by atoms with van der Waals surface area (Å²) >= 11 is 0. The van der Waals surface area contributed by atoms with Gasteiger partial charge in [0.2, 0.25) is 5.91 Å². The van der Waals surface area contributed by atoms with Gasteiger partial charge in [-0.2, -0.15) is 0 Å². The molecule has 0 bridgehead atoms. The van der Waals surface area contributed by atoms with Crippen LogP contribution in [0.15, 0.2) is 61.2 Å². The molecule has 5 rings (SSSR count). The summed E-state index contributed by atoms with van der Waals surface area (Å²) in [6, 6.07) is 11.9. The van der Waals surface area contributed by atoms with Crippen LogP contribution in [-0.2, 0) is 17.9 Å². The molecule has 4 aromatic rings. The van der Waals surface area contributed by atoms with E-state index in [1.165, 1.54) is 32.1 Å². The van der Waals surface area contributed by atoms with Crippen LogP contribution in [0.4, 0.5) is 0 Å². The smallest absolute Gasteiger partial charge is 0.223 e. The second kappa shape index (κ2) is 8.92. The van der Waals surface area contributed by atoms with Crippen molar-refractivity contribution >= 4 is 17.2 Å². The van der Waals surface area contributed by atoms with E-state index in [0.717, 1.165) is 29.1 Å². The number of amides is 1. The molecule has 0 atom stereocenters. The molecule has 0 unspecified atom stereocenters. The minimum Gasteiger partial charge on any atom is -0.331 e. The van der Waals surface area contributed by atoms with Crippen LogP contribution >= 0.6 is 0 Å². The van der Waals surface area contributed by atoms with E-state index in [9.17, 15) is 4.79 Å². The number of pyridine rings is 2. The summed E-state index contributed by atoms with van der Waals surface area (Å²) in [5.74, 6) is 0.911. The van der Waals surface area contributed by atoms with E-state index in [2.05, 4.69) is 18.8 Å². The van der Waals surface area contributed by atoms with Gasteiger partial charge < -0.3 is 13.7 Å². The van der Waals surface area contributed by atoms with Crippen LogP contribution in [0.2, 0.25) is 0 Å². The molecular formula is C25H29N5O. The maximum atomic E-state index is 13.4. The summed E-state index contributed by atoms with van der Waals surface area (Å²) in [7, 11) is 0. The van der Waals surface area contributed by atoms with Crippen molar-refractivity contribution in [1.29, 1.82) is 0 Å². The van der Waals surface area contributed by atoms with Crippen molar-refractivity contribution in [1.82, 2.24) is 23.7 Å². The van der Waals surface area contributed by atoms with E-state index in [-0.39, 0.29) is 5.91 Å². The molecule has 0 N–H and O–H groups in total. The SMILES string of the molecule is O=C(CCC1CCCCC1)N(Cc1cnc2ccccn12)Cc1cnc2ccccn12. The monoisotopic (exact) mass is 415 g/mol. The van der Waals surface area contributed by atoms with Gasteiger partial charge in [0.1, 0.15) is 11.3 Å². The highest BCUT2D eigenvalue weighted by Crippen LogP contribution is 2.28. The number of carbonyl (C=O) groups excluding carboxylic acids is 1. The molecule has 1 fully saturated rings. The lowest BCUT2D eigenvalue weighted by Gasteiger charge is -2.25. The first-order valence-corrected chi connectivity index (χ1v) is 11.4. The van der Waals surface area contributed by atoms with E-state index in [0.29, 0.717) is 25.4 Å². The van der Waals surface area contributed by atoms with E-state index >= 15 is 0 Å². The third-order valence-corrected chi connectivity index (χ3v) is 6.54. The van der Waals surface area contributed by atoms with E-state index in [4.69, 9.17) is 0 Å². The minimum atomic E-state index is 0.210. The maximum absolute atomic E-state index is 13.4. The lowest BCUT2D eigenvalue weighted by atomic mass is 9.86. The molecule has 0 aliphatic heterocycles. The topological polar surface area (TPSA) is 54.9 Å². The van der Waals surface area contributed by atoms with Gasteiger partial charge >= 0.3 is 0 Å². The fraction of sp³-hybridized carbons (Fsp3) is 0.400. The van der Waals surface area contributed by atoms with Crippen LogP contribution in [0.5, 0.6) is 0 Å². The molecule has 6 heteroatoms. The molecule has 0 radical (unpaired) electrons. The van der Waals surface area contributed by atoms with Crippen LogP contribution in [0.1, 0.15) is 56.3 Å². The molecule has 31 heavy (non-hydrogen) atoms. The first kappa shape index (κ1) is 19.8. The van der Waals surface area contributed by atoms with Gasteiger partial charge in [0.15, 0.2) is 0 Å². The molecule has 0 saturated heterocycles. The van der Waals surface area contributed by atoms with Gasteiger partial charge in [0.25, 0.3) is 0 Å². The summed E-state index contributed by atoms with van der Waals surface area (Å²) in [5.41, 5.74) is 3.86. The highest BCUT2D eigenvalue weighted by Gasteiger charge is 2.21. The lowest BCUT2D eigenvalue weighted by molar-refractivity contribution is -0.133. The third-order valence-electron chi connectivity index (χ3n) is 6.54. The van der Waals surface area contributed by atoms with Crippen molar-refractivity contribution in [3.8, 4) is 0 Å². The van der Waals surface area contributed by atoms with Gasteiger partial charge in [-0.25, -0.2) is 9.97 Å². The van der Waals surface area contributed by atoms with Gasteiger partial charge in [0.05, 0.1) is 36.9 Å². The normalized spacial score (nSPS) is 15.0. The third kappa shape index (κ3) is 4.33. The summed E-state index contributed by atoms with van der Waals surface area (Å²) in [6.07, 6.45) is 15.9. The Morgan fingerprint density at radius 3 is 2.03 bits per heavy atom. The Balaban J connectivity index is 1.38. The zero-order valence-corrected chi connectivity index (χ0v) is 17.9. The Kier molecular flexibility index (Phi) is 5.69. The van der Waals surface area contributed by atoms with Crippen LogP contribution in [0, 0.1) is 5.92 Å². The largest absolute Gasteiger partial charge is 0.331 e. The van der Waals surface area contributed by atoms with E-state index < -0.39 is 0 Å². The predicted octanol–water partition coefficient (Wildman–Crippen LogP) is 4.87. The minimum absolute atomic E-state index is 0.210. The highest BCUT2D eigenvalue weighted by molar-refractivity contribution is 5.76. The zero-order valence-electron chi connectivity index (χ0n) is 17.9. The van der Waals surface area contributed by atoms with Gasteiger partial charge in [-0.3, -0.25) is 4.79 Å². The van der Waals surface area contributed by atoms with E-state index in [1.54, 1.807) is 0 Å². The number of hydrogen-bond acceptors (Lipinski definition) is 3. The summed E-state index contributed by atoms with van der Waals surface area (Å²) < 4.78 is 4.13. The average molecular weight is 416 g/mol. The number of carbonyl (C=O) groups is 1. The molecule has 0 aromatic carbocycles. The molecule has 4 heterocycles. The van der Waals surface area contributed by atoms with Crippen molar-refractivity contribution in [2.75, 3.05) is 0 Å². The Morgan fingerprint density at radius 1 is 0.871 bits per heavy atom. The van der Waals surface area contributed by atoms with Crippen LogP contribution in [0.25, 0.3) is 11.3 Å². The predicted molar refractivity (Wildman–Crippen MR) is 120 cm³/mol. The first-order valence-electron chi connectivity index (χ1n) is 11.4. The van der Waals surface area contributed by atoms with Crippen molar-refractivity contribution in [3.05, 3.63) is 72.6 Å². The van der Waals surface area contributed by atoms with Gasteiger partial charge in [-0.1, -0.05) is 44.2 Å². The summed E-state index contributed by atoms with van der Waals surface area (Å²) in [4.78, 5) is 24.4. The van der Waals surface area contributed by atoms with Crippen molar-refractivity contribution < 1.29 is 4.79 Å². The number of hydrogen-bond donors (Lipinski definition) is 0. The number of fused-ring (bicyclic) bond motifs is 2. The Morgan fingerprint density at radius 2 is 1.45 bits per heavy atom. The van der Waals surface area contributed by atoms with E-state index in [1.807, 2.05) is 66.1 Å². The number of rotatable bonds is 7. The van der Waals surface area contributed by atoms with Crippen LogP contribution in [0.3, 0.4) is 0 Å². The first-order chi connectivity index (χ1) is 15.3. The quantitative estimate of drug-likeness (QED) is 0.433. The number of nitrogens with zero attached hydrogens (tertiary/aromatic N) is 5. The molecule has 160 valence electrons. The molecule has 4 aromatic heterocycles. The second-order valence-electron chi connectivity index (χ2n) is 8.65. The summed E-state index contributed by atoms with van der Waals surface area (Å²) in [5, 5.41) is 0. The Hall–Kier alpha value is -3.15. The van der Waals surface area contributed by atoms with Gasteiger partial charge in [-0.15, -0.1) is 0 Å². The molecule has 0 spiro atoms. The van der Waals surface area contributed by atoms with Gasteiger partial charge in [0, 0.05) is 18.8 Å². The van der Waals surface area contributed by atoms with Crippen molar-refractivity contribution in [2.45, 2.75) is 58.0 Å². The molecule has 1 aliphatic carbocycles. The standard InChI is InChI=1S/C25H29N5O/c31-25(13-12-20-8-2-1-3-9-20)28(18-21-16-26-23-10-4-6-14-29(21)23)19-22-17-27-24-11-5-7-15-30(22)24/h4-7,10-11,14-17,20H,1-3,8-9,12-13,18-19H2. The molecule has 1 aliphatic rings. The van der Waals surface area contributed by atoms with Crippen LogP contribution < -0.4 is 0 Å². The zero-order chi connectivity index (χ0) is 21.0. The Labute approximate surface area is 182 Å². The molecule has 1 amide bonds. The molecular weight excluding hydrogens is 386 g/mol.